The third kappa shape index (κ3) is 7.28. The monoisotopic (exact) mass is 692 g/mol. The maximum Gasteiger partial charge on any atom is 0.360 e. The van der Waals surface area contributed by atoms with Gasteiger partial charge in [-0.1, -0.05) is 41.0 Å². The molecule has 1 aliphatic heterocycles. The Labute approximate surface area is 280 Å². The highest BCUT2D eigenvalue weighted by Gasteiger charge is 2.65. The molecule has 0 radical (unpaired) electrons. The topological polar surface area (TPSA) is 193 Å². The van der Waals surface area contributed by atoms with E-state index < -0.39 is 53.2 Å². The van der Waals surface area contributed by atoms with Gasteiger partial charge in [0.1, 0.15) is 17.0 Å². The van der Waals surface area contributed by atoms with E-state index in [1.165, 1.54) is 49.6 Å². The van der Waals surface area contributed by atoms with E-state index in [1.807, 2.05) is 5.32 Å². The predicted molar refractivity (Wildman–Crippen MR) is 163 cm³/mol. The second-order valence-electron chi connectivity index (χ2n) is 9.74. The van der Waals surface area contributed by atoms with Gasteiger partial charge in [-0.25, -0.2) is 28.6 Å². The first-order chi connectivity index (χ1) is 23.5. The molecule has 1 fully saturated rings. The van der Waals surface area contributed by atoms with E-state index >= 15 is 4.39 Å². The van der Waals surface area contributed by atoms with Crippen molar-refractivity contribution in [2.45, 2.75) is 18.8 Å². The number of carbonyl (C=O) groups excluding carboxylic acids is 6. The number of aromatic nitrogens is 1. The fourth-order valence-electron chi connectivity index (χ4n) is 4.20. The lowest BCUT2D eigenvalue weighted by atomic mass is 9.99. The molecule has 3 heterocycles. The zero-order valence-corrected chi connectivity index (χ0v) is 25.8. The van der Waals surface area contributed by atoms with Crippen molar-refractivity contribution in [2.24, 2.45) is 5.16 Å². The van der Waals surface area contributed by atoms with E-state index in [-0.39, 0.29) is 45.0 Å². The minimum Gasteiger partial charge on any atom is -0.463 e. The molecule has 2 aromatic heterocycles. The number of hydrogen-bond donors (Lipinski definition) is 1. The summed E-state index contributed by atoms with van der Waals surface area (Å²) in [6.07, 6.45) is 1.01. The molecule has 49 heavy (non-hydrogen) atoms. The number of ether oxygens (including phenoxy) is 3. The van der Waals surface area contributed by atoms with E-state index in [1.54, 1.807) is 18.2 Å². The Morgan fingerprint density at radius 1 is 1.00 bits per heavy atom. The summed E-state index contributed by atoms with van der Waals surface area (Å²) in [6, 6.07) is 15.1. The summed E-state index contributed by atoms with van der Waals surface area (Å²) in [4.78, 5) is 86.5. The smallest absolute Gasteiger partial charge is 0.360 e. The maximum absolute atomic E-state index is 16.3. The van der Waals surface area contributed by atoms with Crippen molar-refractivity contribution in [1.82, 2.24) is 15.2 Å². The Morgan fingerprint density at radius 3 is 2.43 bits per heavy atom. The minimum absolute atomic E-state index is 0.140. The normalized spacial score (nSPS) is 17.3. The molecule has 4 amide bonds. The van der Waals surface area contributed by atoms with Crippen LogP contribution in [-0.4, -0.2) is 70.4 Å². The number of amides is 4. The highest BCUT2D eigenvalue weighted by atomic mass is 35.5. The molecule has 0 saturated carbocycles. The lowest BCUT2D eigenvalue weighted by Gasteiger charge is -2.37. The fourth-order valence-corrected chi connectivity index (χ4v) is 4.34. The number of nitrogens with zero attached hydrogens (tertiary/aromatic N) is 3. The zero-order chi connectivity index (χ0) is 35.1. The molecule has 2 atom stereocenters. The van der Waals surface area contributed by atoms with E-state index in [2.05, 4.69) is 10.1 Å². The number of urea groups is 1. The molecule has 5 rings (SSSR count). The molecule has 0 bridgehead atoms. The average Bonchev–Trinajstić information content (AvgIpc) is 3.62. The number of alkyl halides is 1. The number of hydrogen-bond acceptors (Lipinski definition) is 13. The van der Waals surface area contributed by atoms with Gasteiger partial charge in [-0.05, 0) is 49.4 Å². The zero-order valence-electron chi connectivity index (χ0n) is 25.0. The van der Waals surface area contributed by atoms with Crippen LogP contribution in [0.5, 0.6) is 11.6 Å². The SMILES string of the molecule is CCOC(=O)C1(F)C(=O)N(C(=O)c2cccc(C(=O)Oc3cc(OC(=O)c4ccccc4)ncc3Cl)c2)C(=O)NC1O/N=C/c1ccco1. The highest BCUT2D eigenvalue weighted by Crippen LogP contribution is 2.30. The first-order valence-electron chi connectivity index (χ1n) is 14.1. The Morgan fingerprint density at radius 2 is 1.71 bits per heavy atom. The summed E-state index contributed by atoms with van der Waals surface area (Å²) < 4.78 is 36.5. The van der Waals surface area contributed by atoms with Crippen LogP contribution in [0.15, 0.2) is 94.8 Å². The van der Waals surface area contributed by atoms with Gasteiger partial charge >= 0.3 is 29.6 Å². The molecule has 4 aromatic rings. The standard InChI is InChI=1S/C32H22ClFN4O11/c1-2-45-30(43)32(34)28(49-36-16-21-12-7-13-46-21)37-31(44)38(29(32)42)25(39)19-10-6-11-20(14-19)27(41)47-23-15-24(35-17-22(23)33)48-26(40)18-8-4-3-5-9-18/h3-17,28H,2H2,1H3,(H,37,44)/b36-16+. The van der Waals surface area contributed by atoms with Crippen molar-refractivity contribution in [1.29, 1.82) is 0 Å². The molecule has 0 aliphatic carbocycles. The molecule has 250 valence electrons. The summed E-state index contributed by atoms with van der Waals surface area (Å²) in [7, 11) is 0. The van der Waals surface area contributed by atoms with E-state index in [0.717, 1.165) is 30.6 Å². The Bertz CT molecular complexity index is 1960. The Balaban J connectivity index is 1.34. The second kappa shape index (κ2) is 14.6. The number of carbonyl (C=O) groups is 6. The lowest BCUT2D eigenvalue weighted by molar-refractivity contribution is -0.183. The van der Waals surface area contributed by atoms with Crippen LogP contribution in [0.4, 0.5) is 9.18 Å². The van der Waals surface area contributed by atoms with Crippen molar-refractivity contribution < 1.29 is 56.6 Å². The number of esters is 3. The van der Waals surface area contributed by atoms with Crippen molar-refractivity contribution in [3.8, 4) is 11.6 Å². The third-order valence-electron chi connectivity index (χ3n) is 6.55. The number of oxime groups is 1. The summed E-state index contributed by atoms with van der Waals surface area (Å²) >= 11 is 6.12. The van der Waals surface area contributed by atoms with Gasteiger partial charge in [0.2, 0.25) is 5.88 Å². The second-order valence-corrected chi connectivity index (χ2v) is 10.1. The molecule has 1 aliphatic rings. The molecule has 0 spiro atoms. The van der Waals surface area contributed by atoms with E-state index in [4.69, 9.17) is 35.1 Å². The average molecular weight is 693 g/mol. The minimum atomic E-state index is -3.77. The van der Waals surface area contributed by atoms with Crippen LogP contribution in [0, 0.1) is 0 Å². The summed E-state index contributed by atoms with van der Waals surface area (Å²) in [6.45, 7) is 0.966. The molecular formula is C32H22ClFN4O11. The van der Waals surface area contributed by atoms with Crippen molar-refractivity contribution in [2.75, 3.05) is 6.61 Å². The Hall–Kier alpha value is -6.42. The first kappa shape index (κ1) is 33.9. The number of halogens is 2. The van der Waals surface area contributed by atoms with Crippen molar-refractivity contribution in [3.05, 3.63) is 113 Å². The molecular weight excluding hydrogens is 671 g/mol. The number of imide groups is 3. The number of nitrogens with one attached hydrogen (secondary N) is 1. The van der Waals surface area contributed by atoms with Crippen LogP contribution >= 0.6 is 11.6 Å². The predicted octanol–water partition coefficient (Wildman–Crippen LogP) is 4.11. The van der Waals surface area contributed by atoms with E-state index in [9.17, 15) is 28.8 Å². The van der Waals surface area contributed by atoms with Gasteiger partial charge < -0.3 is 23.5 Å². The number of rotatable bonds is 10. The van der Waals surface area contributed by atoms with Crippen LogP contribution in [0.25, 0.3) is 0 Å². The molecule has 1 N–H and O–H groups in total. The van der Waals surface area contributed by atoms with Crippen LogP contribution in [0.3, 0.4) is 0 Å². The Kier molecular flexibility index (Phi) is 10.1. The molecule has 1 saturated heterocycles. The van der Waals surface area contributed by atoms with Crippen LogP contribution < -0.4 is 14.8 Å². The summed E-state index contributed by atoms with van der Waals surface area (Å²) in [5.41, 5.74) is -4.28. The van der Waals surface area contributed by atoms with Gasteiger partial charge in [-0.15, -0.1) is 0 Å². The van der Waals surface area contributed by atoms with Gasteiger partial charge in [-0.2, -0.15) is 4.90 Å². The van der Waals surface area contributed by atoms with Gasteiger partial charge in [0, 0.05) is 11.6 Å². The lowest BCUT2D eigenvalue weighted by Crippen LogP contribution is -2.72. The van der Waals surface area contributed by atoms with Crippen LogP contribution in [0.2, 0.25) is 5.02 Å². The molecule has 2 aromatic carbocycles. The number of benzene rings is 2. The number of furan rings is 1. The molecule has 17 heteroatoms. The van der Waals surface area contributed by atoms with Gasteiger partial charge in [0.15, 0.2) is 5.75 Å². The molecule has 2 unspecified atom stereocenters. The summed E-state index contributed by atoms with van der Waals surface area (Å²) in [5.74, 6) is -7.30. The summed E-state index contributed by atoms with van der Waals surface area (Å²) in [5, 5.41) is 5.23. The van der Waals surface area contributed by atoms with Crippen molar-refractivity contribution >= 4 is 53.6 Å². The largest absolute Gasteiger partial charge is 0.463 e. The van der Waals surface area contributed by atoms with Crippen molar-refractivity contribution in [3.63, 3.8) is 0 Å². The van der Waals surface area contributed by atoms with Crippen LogP contribution in [-0.2, 0) is 19.2 Å². The third-order valence-corrected chi connectivity index (χ3v) is 6.83. The van der Waals surface area contributed by atoms with Crippen LogP contribution in [0.1, 0.15) is 43.8 Å². The molecule has 15 nitrogen and oxygen atoms in total. The fraction of sp³-hybridized carbons (Fsp3) is 0.125. The quantitative estimate of drug-likeness (QED) is 0.0823. The maximum atomic E-state index is 16.3. The van der Waals surface area contributed by atoms with Gasteiger partial charge in [0.25, 0.3) is 18.0 Å². The number of pyridine rings is 1. The highest BCUT2D eigenvalue weighted by molar-refractivity contribution is 6.32. The van der Waals surface area contributed by atoms with Gasteiger partial charge in [-0.3, -0.25) is 14.9 Å². The van der Waals surface area contributed by atoms with E-state index in [0.29, 0.717) is 0 Å². The first-order valence-corrected chi connectivity index (χ1v) is 14.4. The van der Waals surface area contributed by atoms with Gasteiger partial charge in [0.05, 0.1) is 30.2 Å².